The van der Waals surface area contributed by atoms with E-state index in [9.17, 15) is 14.4 Å². The summed E-state index contributed by atoms with van der Waals surface area (Å²) in [7, 11) is 0. The zero-order valence-electron chi connectivity index (χ0n) is 14.8. The van der Waals surface area contributed by atoms with Crippen molar-refractivity contribution in [2.24, 2.45) is 5.92 Å². The summed E-state index contributed by atoms with van der Waals surface area (Å²) >= 11 is 1.59. The maximum absolute atomic E-state index is 12.8. The van der Waals surface area contributed by atoms with E-state index in [1.54, 1.807) is 16.2 Å². The Morgan fingerprint density at radius 1 is 1.40 bits per heavy atom. The molecule has 7 heteroatoms. The predicted molar refractivity (Wildman–Crippen MR) is 96.0 cm³/mol. The highest BCUT2D eigenvalue weighted by Gasteiger charge is 2.52. The molecule has 0 unspecified atom stereocenters. The molecule has 2 fully saturated rings. The molecule has 2 heterocycles. The maximum Gasteiger partial charge on any atom is 0.325 e. The molecule has 136 valence electrons. The van der Waals surface area contributed by atoms with Crippen LogP contribution in [0, 0.1) is 5.92 Å². The normalized spacial score (nSPS) is 26.2. The second kappa shape index (κ2) is 7.15. The molecule has 1 aromatic heterocycles. The van der Waals surface area contributed by atoms with Gasteiger partial charge in [0.15, 0.2) is 0 Å². The summed E-state index contributed by atoms with van der Waals surface area (Å²) in [6, 6.07) is 3.50. The first-order valence-electron chi connectivity index (χ1n) is 8.89. The number of imide groups is 1. The number of hydrogen-bond acceptors (Lipinski definition) is 4. The number of carbonyl (C=O) groups is 3. The first-order chi connectivity index (χ1) is 11.9. The lowest BCUT2D eigenvalue weighted by Gasteiger charge is -2.33. The molecular weight excluding hydrogens is 338 g/mol. The van der Waals surface area contributed by atoms with Crippen molar-refractivity contribution >= 4 is 29.2 Å². The molecule has 4 amide bonds. The third-order valence-electron chi connectivity index (χ3n) is 5.33. The van der Waals surface area contributed by atoms with Gasteiger partial charge in [0.05, 0.1) is 6.54 Å². The van der Waals surface area contributed by atoms with Crippen molar-refractivity contribution in [1.82, 2.24) is 15.1 Å². The number of nitrogens with one attached hydrogen (secondary N) is 1. The molecule has 0 atom stereocenters. The van der Waals surface area contributed by atoms with Crippen molar-refractivity contribution in [1.29, 1.82) is 0 Å². The second-order valence-electron chi connectivity index (χ2n) is 7.07. The number of nitrogens with zero attached hydrogens (tertiary/aromatic N) is 2. The Balaban J connectivity index is 1.66. The van der Waals surface area contributed by atoms with E-state index in [0.717, 1.165) is 22.6 Å². The topological polar surface area (TPSA) is 69.7 Å². The Hall–Kier alpha value is -1.89. The van der Waals surface area contributed by atoms with Crippen LogP contribution in [0.25, 0.3) is 0 Å². The Kier molecular flexibility index (Phi) is 5.13. The smallest absolute Gasteiger partial charge is 0.325 e. The standard InChI is InChI=1S/C18H25N3O3S/c1-3-20(11-14-5-4-10-25-14)15(22)12-21-16(23)18(19-17(21)24)8-6-13(2)7-9-18/h4-5,10,13H,3,6-9,11-12H2,1-2H3,(H,19,24). The molecule has 0 bridgehead atoms. The van der Waals surface area contributed by atoms with Gasteiger partial charge in [-0.1, -0.05) is 13.0 Å². The van der Waals surface area contributed by atoms with E-state index in [1.807, 2.05) is 24.4 Å². The van der Waals surface area contributed by atoms with Crippen LogP contribution in [0.4, 0.5) is 4.79 Å². The van der Waals surface area contributed by atoms with Crippen LogP contribution in [0.1, 0.15) is 44.4 Å². The van der Waals surface area contributed by atoms with Gasteiger partial charge in [-0.15, -0.1) is 11.3 Å². The van der Waals surface area contributed by atoms with E-state index < -0.39 is 11.6 Å². The van der Waals surface area contributed by atoms with E-state index in [0.29, 0.717) is 31.8 Å². The van der Waals surface area contributed by atoms with Gasteiger partial charge >= 0.3 is 6.03 Å². The van der Waals surface area contributed by atoms with Gasteiger partial charge in [0.25, 0.3) is 5.91 Å². The van der Waals surface area contributed by atoms with E-state index in [4.69, 9.17) is 0 Å². The highest BCUT2D eigenvalue weighted by molar-refractivity contribution is 7.09. The molecule has 1 aromatic rings. The minimum Gasteiger partial charge on any atom is -0.336 e. The summed E-state index contributed by atoms with van der Waals surface area (Å²) in [5.41, 5.74) is -0.783. The molecule has 1 N–H and O–H groups in total. The lowest BCUT2D eigenvalue weighted by atomic mass is 9.77. The van der Waals surface area contributed by atoms with Crippen molar-refractivity contribution < 1.29 is 14.4 Å². The third-order valence-corrected chi connectivity index (χ3v) is 6.19. The van der Waals surface area contributed by atoms with Crippen molar-refractivity contribution in [2.75, 3.05) is 13.1 Å². The van der Waals surface area contributed by atoms with E-state index in [1.165, 1.54) is 0 Å². The molecule has 1 saturated carbocycles. The van der Waals surface area contributed by atoms with Crippen LogP contribution in [0.2, 0.25) is 0 Å². The molecule has 1 spiro atoms. The van der Waals surface area contributed by atoms with Crippen LogP contribution in [0.15, 0.2) is 17.5 Å². The SMILES string of the molecule is CCN(Cc1cccs1)C(=O)CN1C(=O)NC2(CCC(C)CC2)C1=O. The molecule has 1 aliphatic heterocycles. The number of urea groups is 1. The zero-order chi connectivity index (χ0) is 18.0. The van der Waals surface area contributed by atoms with E-state index in [-0.39, 0.29) is 18.4 Å². The molecular formula is C18H25N3O3S. The van der Waals surface area contributed by atoms with Gasteiger partial charge in [-0.3, -0.25) is 14.5 Å². The lowest BCUT2D eigenvalue weighted by molar-refractivity contribution is -0.139. The second-order valence-corrected chi connectivity index (χ2v) is 8.11. The number of thiophene rings is 1. The average Bonchev–Trinajstić information content (AvgIpc) is 3.18. The maximum atomic E-state index is 12.8. The van der Waals surface area contributed by atoms with Crippen LogP contribution in [-0.2, 0) is 16.1 Å². The van der Waals surface area contributed by atoms with Crippen molar-refractivity contribution in [3.8, 4) is 0 Å². The Morgan fingerprint density at radius 2 is 2.12 bits per heavy atom. The summed E-state index contributed by atoms with van der Waals surface area (Å²) in [5.74, 6) is 0.151. The highest BCUT2D eigenvalue weighted by Crippen LogP contribution is 2.36. The van der Waals surface area contributed by atoms with Crippen LogP contribution >= 0.6 is 11.3 Å². The minimum atomic E-state index is -0.783. The Morgan fingerprint density at radius 3 is 2.72 bits per heavy atom. The molecule has 25 heavy (non-hydrogen) atoms. The quantitative estimate of drug-likeness (QED) is 0.818. The lowest BCUT2D eigenvalue weighted by Crippen LogP contribution is -2.50. The van der Waals surface area contributed by atoms with Crippen LogP contribution in [-0.4, -0.2) is 46.3 Å². The zero-order valence-corrected chi connectivity index (χ0v) is 15.6. The molecule has 3 rings (SSSR count). The van der Waals surface area contributed by atoms with Gasteiger partial charge in [0.1, 0.15) is 12.1 Å². The largest absolute Gasteiger partial charge is 0.336 e. The summed E-state index contributed by atoms with van der Waals surface area (Å²) in [6.07, 6.45) is 3.17. The Labute approximate surface area is 152 Å². The molecule has 0 aromatic carbocycles. The highest BCUT2D eigenvalue weighted by atomic mass is 32.1. The molecule has 1 saturated heterocycles. The van der Waals surface area contributed by atoms with Gasteiger partial charge in [0.2, 0.25) is 5.91 Å². The average molecular weight is 363 g/mol. The van der Waals surface area contributed by atoms with Crippen LogP contribution in [0.3, 0.4) is 0 Å². The van der Waals surface area contributed by atoms with Gasteiger partial charge in [-0.25, -0.2) is 4.79 Å². The number of amides is 4. The summed E-state index contributed by atoms with van der Waals surface area (Å²) in [6.45, 7) is 4.95. The third kappa shape index (κ3) is 3.56. The first-order valence-corrected chi connectivity index (χ1v) is 9.77. The monoisotopic (exact) mass is 363 g/mol. The minimum absolute atomic E-state index is 0.179. The van der Waals surface area contributed by atoms with Gasteiger partial charge in [-0.2, -0.15) is 0 Å². The van der Waals surface area contributed by atoms with Crippen LogP contribution < -0.4 is 5.32 Å². The fourth-order valence-electron chi connectivity index (χ4n) is 3.62. The number of likely N-dealkylation sites (N-methyl/N-ethyl adjacent to an activating group) is 1. The molecule has 0 radical (unpaired) electrons. The number of rotatable bonds is 5. The molecule has 6 nitrogen and oxygen atoms in total. The van der Waals surface area contributed by atoms with Crippen LogP contribution in [0.5, 0.6) is 0 Å². The predicted octanol–water partition coefficient (Wildman–Crippen LogP) is 2.60. The summed E-state index contributed by atoms with van der Waals surface area (Å²) < 4.78 is 0. The van der Waals surface area contributed by atoms with E-state index >= 15 is 0 Å². The number of hydrogen-bond donors (Lipinski definition) is 1. The van der Waals surface area contributed by atoms with Crippen molar-refractivity contribution in [2.45, 2.75) is 51.6 Å². The van der Waals surface area contributed by atoms with Gasteiger partial charge in [0, 0.05) is 11.4 Å². The molecule has 2 aliphatic rings. The first kappa shape index (κ1) is 17.9. The fraction of sp³-hybridized carbons (Fsp3) is 0.611. The van der Waals surface area contributed by atoms with Crippen molar-refractivity contribution in [3.05, 3.63) is 22.4 Å². The summed E-state index contributed by atoms with van der Waals surface area (Å²) in [5, 5.41) is 4.84. The molecule has 1 aliphatic carbocycles. The number of carbonyl (C=O) groups excluding carboxylic acids is 3. The van der Waals surface area contributed by atoms with E-state index in [2.05, 4.69) is 12.2 Å². The van der Waals surface area contributed by atoms with Gasteiger partial charge < -0.3 is 10.2 Å². The fourth-order valence-corrected chi connectivity index (χ4v) is 4.34. The van der Waals surface area contributed by atoms with Gasteiger partial charge in [-0.05, 0) is 50.0 Å². The van der Waals surface area contributed by atoms with Crippen molar-refractivity contribution in [3.63, 3.8) is 0 Å². The summed E-state index contributed by atoms with van der Waals surface area (Å²) in [4.78, 5) is 41.7. The Bertz CT molecular complexity index is 651.